The summed E-state index contributed by atoms with van der Waals surface area (Å²) in [6.07, 6.45) is 5.34. The second-order valence-electron chi connectivity index (χ2n) is 5.73. The zero-order valence-corrected chi connectivity index (χ0v) is 16.4. The molecular formula is C18H18Cl4O3. The predicted octanol–water partition coefficient (Wildman–Crippen LogP) is 5.98. The first-order chi connectivity index (χ1) is 11.8. The molecule has 0 amide bonds. The van der Waals surface area contributed by atoms with Gasteiger partial charge in [-0.1, -0.05) is 83.2 Å². The lowest BCUT2D eigenvalue weighted by Gasteiger charge is -2.38. The fraction of sp³-hybridized carbons (Fsp3) is 0.389. The second kappa shape index (κ2) is 8.79. The molecule has 1 atom stereocenters. The van der Waals surface area contributed by atoms with Gasteiger partial charge >= 0.3 is 5.97 Å². The molecule has 1 aliphatic carbocycles. The second-order valence-corrected chi connectivity index (χ2v) is 8.05. The average Bonchev–Trinajstić information content (AvgIpc) is 2.56. The minimum Gasteiger partial charge on any atom is -0.481 e. The van der Waals surface area contributed by atoms with Gasteiger partial charge in [-0.3, -0.25) is 4.79 Å². The highest BCUT2D eigenvalue weighted by molar-refractivity contribution is 6.57. The molecule has 0 aliphatic heterocycles. The summed E-state index contributed by atoms with van der Waals surface area (Å²) in [4.78, 5) is 10.5. The van der Waals surface area contributed by atoms with E-state index < -0.39 is 15.4 Å². The van der Waals surface area contributed by atoms with Gasteiger partial charge in [0.1, 0.15) is 0 Å². The van der Waals surface area contributed by atoms with E-state index in [1.165, 1.54) is 0 Å². The molecule has 0 radical (unpaired) electrons. The number of halogens is 4. The quantitative estimate of drug-likeness (QED) is 0.413. The highest BCUT2D eigenvalue weighted by Gasteiger charge is 2.53. The van der Waals surface area contributed by atoms with Crippen molar-refractivity contribution in [2.75, 3.05) is 6.61 Å². The summed E-state index contributed by atoms with van der Waals surface area (Å²) in [5.41, 5.74) is 1.68. The van der Waals surface area contributed by atoms with Gasteiger partial charge in [0.2, 0.25) is 5.06 Å². The van der Waals surface area contributed by atoms with Crippen LogP contribution in [-0.2, 0) is 9.53 Å². The molecule has 3 nitrogen and oxygen atoms in total. The number of alkyl halides is 3. The Bertz CT molecular complexity index is 670. The Kier molecular flexibility index (Phi) is 7.24. The monoisotopic (exact) mass is 422 g/mol. The Balaban J connectivity index is 2.03. The number of allylic oxidation sites excluding steroid dienone is 2. The van der Waals surface area contributed by atoms with Crippen molar-refractivity contribution in [2.24, 2.45) is 0 Å². The summed E-state index contributed by atoms with van der Waals surface area (Å²) < 4.78 is 4.15. The van der Waals surface area contributed by atoms with Crippen LogP contribution in [0.4, 0.5) is 0 Å². The summed E-state index contributed by atoms with van der Waals surface area (Å²) in [7, 11) is 0. The van der Waals surface area contributed by atoms with E-state index in [1.54, 1.807) is 12.2 Å². The third kappa shape index (κ3) is 5.15. The van der Waals surface area contributed by atoms with Gasteiger partial charge in [-0.25, -0.2) is 0 Å². The van der Waals surface area contributed by atoms with Crippen molar-refractivity contribution in [1.82, 2.24) is 0 Å². The number of rotatable bonds is 8. The highest BCUT2D eigenvalue weighted by Crippen LogP contribution is 2.52. The largest absolute Gasteiger partial charge is 0.481 e. The number of unbranched alkanes of at least 4 members (excludes halogenated alkanes) is 2. The summed E-state index contributed by atoms with van der Waals surface area (Å²) >= 11 is 25.7. The molecule has 1 unspecified atom stereocenters. The minimum atomic E-state index is -1.58. The molecule has 0 heterocycles. The van der Waals surface area contributed by atoms with Crippen molar-refractivity contribution in [3.63, 3.8) is 0 Å². The maximum Gasteiger partial charge on any atom is 0.303 e. The normalized spacial score (nSPS) is 22.2. The van der Waals surface area contributed by atoms with Gasteiger partial charge in [0, 0.05) is 13.0 Å². The topological polar surface area (TPSA) is 46.5 Å². The Morgan fingerprint density at radius 2 is 1.76 bits per heavy atom. The molecule has 0 bridgehead atoms. The molecule has 136 valence electrons. The van der Waals surface area contributed by atoms with Crippen LogP contribution in [0.5, 0.6) is 0 Å². The molecule has 0 fully saturated rings. The molecular weight excluding hydrogens is 406 g/mol. The fourth-order valence-corrected chi connectivity index (χ4v) is 3.60. The van der Waals surface area contributed by atoms with Gasteiger partial charge in [-0.05, 0) is 36.1 Å². The third-order valence-corrected chi connectivity index (χ3v) is 5.82. The number of hydrogen-bond acceptors (Lipinski definition) is 2. The Morgan fingerprint density at radius 3 is 2.36 bits per heavy atom. The molecule has 0 saturated heterocycles. The lowest BCUT2D eigenvalue weighted by molar-refractivity contribution is -0.137. The van der Waals surface area contributed by atoms with Gasteiger partial charge < -0.3 is 9.84 Å². The van der Waals surface area contributed by atoms with Gasteiger partial charge in [0.25, 0.3) is 0 Å². The third-order valence-electron chi connectivity index (χ3n) is 3.80. The number of ether oxygens (including phenoxy) is 1. The van der Waals surface area contributed by atoms with Crippen molar-refractivity contribution < 1.29 is 14.6 Å². The lowest BCUT2D eigenvalue weighted by atomic mass is 9.97. The average molecular weight is 424 g/mol. The van der Waals surface area contributed by atoms with E-state index in [0.717, 1.165) is 11.1 Å². The maximum atomic E-state index is 10.5. The van der Waals surface area contributed by atoms with Crippen LogP contribution in [0.2, 0.25) is 0 Å². The number of carboxylic acid groups (broad SMARTS) is 1. The number of aliphatic carboxylic acids is 1. The van der Waals surface area contributed by atoms with Crippen LogP contribution < -0.4 is 0 Å². The van der Waals surface area contributed by atoms with Crippen LogP contribution in [0, 0.1) is 0 Å². The van der Waals surface area contributed by atoms with Crippen molar-refractivity contribution in [2.45, 2.75) is 35.1 Å². The molecule has 2 rings (SSSR count). The lowest BCUT2D eigenvalue weighted by Crippen LogP contribution is -2.45. The Morgan fingerprint density at radius 1 is 1.08 bits per heavy atom. The van der Waals surface area contributed by atoms with E-state index in [2.05, 4.69) is 0 Å². The van der Waals surface area contributed by atoms with Crippen molar-refractivity contribution in [1.29, 1.82) is 0 Å². The Labute approximate surface area is 167 Å². The molecule has 7 heteroatoms. The van der Waals surface area contributed by atoms with E-state index in [-0.39, 0.29) is 18.1 Å². The molecule has 1 N–H and O–H groups in total. The van der Waals surface area contributed by atoms with E-state index in [9.17, 15) is 4.79 Å². The molecule has 1 aliphatic rings. The zero-order valence-electron chi connectivity index (χ0n) is 13.4. The van der Waals surface area contributed by atoms with Gasteiger partial charge in [0.15, 0.2) is 4.33 Å². The van der Waals surface area contributed by atoms with Crippen LogP contribution in [0.25, 0.3) is 5.57 Å². The fourth-order valence-electron chi connectivity index (χ4n) is 2.45. The van der Waals surface area contributed by atoms with Crippen LogP contribution in [0.3, 0.4) is 0 Å². The summed E-state index contributed by atoms with van der Waals surface area (Å²) in [6.45, 7) is 0.267. The van der Waals surface area contributed by atoms with Crippen molar-refractivity contribution >= 4 is 57.9 Å². The number of benzene rings is 1. The highest BCUT2D eigenvalue weighted by atomic mass is 35.5. The van der Waals surface area contributed by atoms with Gasteiger partial charge in [-0.15, -0.1) is 0 Å². The van der Waals surface area contributed by atoms with Crippen molar-refractivity contribution in [3.05, 3.63) is 53.1 Å². The van der Waals surface area contributed by atoms with E-state index in [4.69, 9.17) is 56.2 Å². The standard InChI is InChI=1S/C18H18Cl4O3/c19-15-11-14(13-7-3-1-4-8-13)12-17(20,21)18(15,22)25-10-6-2-5-9-16(23)24/h1,3-4,7-8,11-12H,2,5-6,9-10H2,(H,23,24). The smallest absolute Gasteiger partial charge is 0.303 e. The number of hydrogen-bond donors (Lipinski definition) is 1. The molecule has 0 aromatic heterocycles. The van der Waals surface area contributed by atoms with E-state index in [1.807, 2.05) is 30.3 Å². The summed E-state index contributed by atoms with van der Waals surface area (Å²) in [6, 6.07) is 9.55. The van der Waals surface area contributed by atoms with Gasteiger partial charge in [0.05, 0.1) is 5.03 Å². The first kappa shape index (κ1) is 20.6. The summed E-state index contributed by atoms with van der Waals surface area (Å²) in [5.74, 6) is -0.813. The first-order valence-corrected chi connectivity index (χ1v) is 9.36. The van der Waals surface area contributed by atoms with E-state index >= 15 is 0 Å². The molecule has 0 spiro atoms. The van der Waals surface area contributed by atoms with E-state index in [0.29, 0.717) is 19.3 Å². The molecule has 0 saturated carbocycles. The molecule has 1 aromatic rings. The summed E-state index contributed by atoms with van der Waals surface area (Å²) in [5, 5.41) is 7.24. The van der Waals surface area contributed by atoms with Gasteiger partial charge in [-0.2, -0.15) is 0 Å². The minimum absolute atomic E-state index is 0.130. The number of carbonyl (C=O) groups is 1. The Hall–Kier alpha value is -0.710. The van der Waals surface area contributed by atoms with Crippen molar-refractivity contribution in [3.8, 4) is 0 Å². The SMILES string of the molecule is O=C(O)CCCCCOC1(Cl)C(Cl)=CC(c2ccccc2)=CC1(Cl)Cl. The zero-order chi connectivity index (χ0) is 18.5. The predicted molar refractivity (Wildman–Crippen MR) is 103 cm³/mol. The first-order valence-electron chi connectivity index (χ1n) is 7.85. The number of carboxylic acids is 1. The van der Waals surface area contributed by atoms with Crippen LogP contribution in [0.15, 0.2) is 47.5 Å². The van der Waals surface area contributed by atoms with Crippen LogP contribution >= 0.6 is 46.4 Å². The van der Waals surface area contributed by atoms with Crippen LogP contribution in [-0.4, -0.2) is 27.1 Å². The molecule has 1 aromatic carbocycles. The molecule has 25 heavy (non-hydrogen) atoms. The maximum absolute atomic E-state index is 10.5. The van der Waals surface area contributed by atoms with Crippen LogP contribution in [0.1, 0.15) is 31.2 Å².